The van der Waals surface area contributed by atoms with E-state index in [4.69, 9.17) is 0 Å². The number of hydrogen-bond acceptors (Lipinski definition) is 2. The van der Waals surface area contributed by atoms with Crippen molar-refractivity contribution in [2.45, 2.75) is 23.5 Å². The zero-order chi connectivity index (χ0) is 10.4. The van der Waals surface area contributed by atoms with Gasteiger partial charge in [0.25, 0.3) is 0 Å². The van der Waals surface area contributed by atoms with Crippen LogP contribution in [0.5, 0.6) is 0 Å². The van der Waals surface area contributed by atoms with Crippen LogP contribution in [0.25, 0.3) is 10.9 Å². The summed E-state index contributed by atoms with van der Waals surface area (Å²) in [6, 6.07) is 6.29. The maximum atomic E-state index is 4.49. The molecule has 0 spiro atoms. The average Bonchev–Trinajstić information content (AvgIpc) is 2.58. The van der Waals surface area contributed by atoms with E-state index >= 15 is 0 Å². The highest BCUT2D eigenvalue weighted by Gasteiger charge is 2.21. The molecule has 3 heteroatoms. The minimum atomic E-state index is 0.686. The van der Waals surface area contributed by atoms with Crippen LogP contribution in [0, 0.1) is 0 Å². The fourth-order valence-corrected chi connectivity index (χ4v) is 3.62. The Kier molecular flexibility index (Phi) is 2.25. The van der Waals surface area contributed by atoms with Crippen LogP contribution in [-0.4, -0.2) is 10.2 Å². The van der Waals surface area contributed by atoms with E-state index in [0.717, 1.165) is 16.4 Å². The van der Waals surface area contributed by atoms with Crippen molar-refractivity contribution in [1.82, 2.24) is 4.98 Å². The fourth-order valence-electron chi connectivity index (χ4n) is 2.02. The summed E-state index contributed by atoms with van der Waals surface area (Å²) in [4.78, 5) is 5.92. The van der Waals surface area contributed by atoms with Gasteiger partial charge in [-0.15, -0.1) is 11.8 Å². The fraction of sp³-hybridized carbons (Fsp3) is 0.250. The molecule has 0 bridgehead atoms. The molecule has 1 aliphatic rings. The van der Waals surface area contributed by atoms with Gasteiger partial charge in [0.2, 0.25) is 0 Å². The molecule has 0 N–H and O–H groups in total. The molecule has 0 saturated carbocycles. The predicted molar refractivity (Wildman–Crippen MR) is 68.5 cm³/mol. The molecule has 0 aliphatic carbocycles. The second-order valence-electron chi connectivity index (χ2n) is 3.91. The number of pyridine rings is 1. The van der Waals surface area contributed by atoms with Gasteiger partial charge in [-0.2, -0.15) is 0 Å². The molecule has 3 rings (SSSR count). The summed E-state index contributed by atoms with van der Waals surface area (Å²) in [7, 11) is 0. The largest absolute Gasteiger partial charge is 0.256 e. The van der Waals surface area contributed by atoms with Crippen LogP contribution < -0.4 is 0 Å². The smallest absolute Gasteiger partial charge is 0.0714 e. The van der Waals surface area contributed by atoms with Gasteiger partial charge < -0.3 is 0 Å². The maximum absolute atomic E-state index is 4.49. The van der Waals surface area contributed by atoms with Crippen LogP contribution in [0.1, 0.15) is 12.5 Å². The second kappa shape index (κ2) is 3.49. The minimum Gasteiger partial charge on any atom is -0.256 e. The summed E-state index contributed by atoms with van der Waals surface area (Å²) in [6.07, 6.45) is 3.18. The van der Waals surface area contributed by atoms with Gasteiger partial charge in [-0.1, -0.05) is 22.9 Å². The van der Waals surface area contributed by atoms with E-state index in [-0.39, 0.29) is 0 Å². The Hall–Kier alpha value is -0.540. The molecule has 1 unspecified atom stereocenters. The van der Waals surface area contributed by atoms with Crippen molar-refractivity contribution >= 4 is 38.6 Å². The quantitative estimate of drug-likeness (QED) is 0.722. The molecule has 1 aliphatic heterocycles. The normalized spacial score (nSPS) is 19.5. The van der Waals surface area contributed by atoms with E-state index in [9.17, 15) is 0 Å². The number of benzene rings is 1. The molecule has 1 atom stereocenters. The standard InChI is InChI=1S/C12H10BrNS/c1-7-4-8-6-14-11-3-2-9(13)5-10(11)12(8)15-7/h2-3,5-7H,4H2,1H3. The Labute approximate surface area is 101 Å². The number of rotatable bonds is 0. The van der Waals surface area contributed by atoms with Gasteiger partial charge in [0.15, 0.2) is 0 Å². The SMILES string of the molecule is CC1Cc2cnc3ccc(Br)cc3c2S1. The van der Waals surface area contributed by atoms with Crippen LogP contribution in [0.2, 0.25) is 0 Å². The maximum Gasteiger partial charge on any atom is 0.0714 e. The lowest BCUT2D eigenvalue weighted by molar-refractivity contribution is 0.954. The number of fused-ring (bicyclic) bond motifs is 3. The Morgan fingerprint density at radius 3 is 3.20 bits per heavy atom. The molecule has 2 heterocycles. The van der Waals surface area contributed by atoms with Gasteiger partial charge >= 0.3 is 0 Å². The zero-order valence-corrected chi connectivity index (χ0v) is 10.7. The Balaban J connectivity index is 2.33. The molecule has 76 valence electrons. The molecule has 15 heavy (non-hydrogen) atoms. The molecule has 1 nitrogen and oxygen atoms in total. The van der Waals surface area contributed by atoms with Gasteiger partial charge in [0.05, 0.1) is 5.52 Å². The third kappa shape index (κ3) is 1.58. The van der Waals surface area contributed by atoms with Crippen molar-refractivity contribution in [2.24, 2.45) is 0 Å². The zero-order valence-electron chi connectivity index (χ0n) is 8.33. The van der Waals surface area contributed by atoms with E-state index in [0.29, 0.717) is 5.25 Å². The van der Waals surface area contributed by atoms with Crippen LogP contribution in [-0.2, 0) is 6.42 Å². The Morgan fingerprint density at radius 1 is 1.47 bits per heavy atom. The third-order valence-electron chi connectivity index (χ3n) is 2.68. The topological polar surface area (TPSA) is 12.9 Å². The van der Waals surface area contributed by atoms with Crippen molar-refractivity contribution in [3.05, 3.63) is 34.4 Å². The minimum absolute atomic E-state index is 0.686. The Morgan fingerprint density at radius 2 is 2.33 bits per heavy atom. The summed E-state index contributed by atoms with van der Waals surface area (Å²) in [5, 5.41) is 1.97. The third-order valence-corrected chi connectivity index (χ3v) is 4.46. The molecular formula is C12H10BrNS. The first kappa shape index (κ1) is 9.67. The second-order valence-corrected chi connectivity index (χ2v) is 6.27. The van der Waals surface area contributed by atoms with E-state index < -0.39 is 0 Å². The molecule has 1 aromatic heterocycles. The van der Waals surface area contributed by atoms with Crippen LogP contribution in [0.4, 0.5) is 0 Å². The van der Waals surface area contributed by atoms with Crippen LogP contribution >= 0.6 is 27.7 Å². The van der Waals surface area contributed by atoms with Crippen LogP contribution in [0.3, 0.4) is 0 Å². The van der Waals surface area contributed by atoms with Crippen molar-refractivity contribution < 1.29 is 0 Å². The summed E-state index contributed by atoms with van der Waals surface area (Å²) >= 11 is 5.49. The number of nitrogens with zero attached hydrogens (tertiary/aromatic N) is 1. The molecule has 2 aromatic rings. The summed E-state index contributed by atoms with van der Waals surface area (Å²) in [6.45, 7) is 2.27. The van der Waals surface area contributed by atoms with Crippen molar-refractivity contribution in [3.8, 4) is 0 Å². The highest BCUT2D eigenvalue weighted by Crippen LogP contribution is 2.41. The molecule has 0 amide bonds. The molecule has 0 radical (unpaired) electrons. The van der Waals surface area contributed by atoms with E-state index in [2.05, 4.69) is 40.0 Å². The van der Waals surface area contributed by atoms with Crippen molar-refractivity contribution in [1.29, 1.82) is 0 Å². The van der Waals surface area contributed by atoms with Gasteiger partial charge in [0, 0.05) is 26.2 Å². The van der Waals surface area contributed by atoms with Gasteiger partial charge in [-0.25, -0.2) is 0 Å². The Bertz CT molecular complexity index is 538. The molecule has 0 fully saturated rings. The number of hydrogen-bond donors (Lipinski definition) is 0. The summed E-state index contributed by atoms with van der Waals surface area (Å²) in [5.41, 5.74) is 2.50. The number of aromatic nitrogens is 1. The van der Waals surface area contributed by atoms with E-state index in [1.807, 2.05) is 24.0 Å². The van der Waals surface area contributed by atoms with Gasteiger partial charge in [0.1, 0.15) is 0 Å². The monoisotopic (exact) mass is 279 g/mol. The van der Waals surface area contributed by atoms with E-state index in [1.165, 1.54) is 15.8 Å². The lowest BCUT2D eigenvalue weighted by atomic mass is 10.1. The molecule has 0 saturated heterocycles. The lowest BCUT2D eigenvalue weighted by Crippen LogP contribution is -1.91. The first-order chi connectivity index (χ1) is 7.24. The average molecular weight is 280 g/mol. The van der Waals surface area contributed by atoms with Crippen LogP contribution in [0.15, 0.2) is 33.8 Å². The predicted octanol–water partition coefficient (Wildman–Crippen LogP) is 4.03. The molecule has 1 aromatic carbocycles. The van der Waals surface area contributed by atoms with Gasteiger partial charge in [-0.3, -0.25) is 4.98 Å². The highest BCUT2D eigenvalue weighted by atomic mass is 79.9. The summed E-state index contributed by atoms with van der Waals surface area (Å²) < 4.78 is 1.13. The van der Waals surface area contributed by atoms with Gasteiger partial charge in [-0.05, 0) is 30.2 Å². The molecular weight excluding hydrogens is 270 g/mol. The van der Waals surface area contributed by atoms with E-state index in [1.54, 1.807) is 0 Å². The lowest BCUT2D eigenvalue weighted by Gasteiger charge is -2.04. The van der Waals surface area contributed by atoms with Crippen molar-refractivity contribution in [2.75, 3.05) is 0 Å². The van der Waals surface area contributed by atoms with Crippen molar-refractivity contribution in [3.63, 3.8) is 0 Å². The first-order valence-corrected chi connectivity index (χ1v) is 6.65. The number of thioether (sulfide) groups is 1. The summed E-state index contributed by atoms with van der Waals surface area (Å²) in [5.74, 6) is 0. The number of halogens is 1. The highest BCUT2D eigenvalue weighted by molar-refractivity contribution is 9.10. The first-order valence-electron chi connectivity index (χ1n) is 4.98.